The van der Waals surface area contributed by atoms with E-state index in [1.165, 1.54) is 6.07 Å². The molecule has 0 saturated heterocycles. The fourth-order valence-electron chi connectivity index (χ4n) is 1.60. The number of aliphatic hydroxyl groups is 1. The zero-order valence-electron chi connectivity index (χ0n) is 10.3. The minimum Gasteiger partial charge on any atom is -0.496 e. The molecule has 96 valence electrons. The van der Waals surface area contributed by atoms with E-state index in [4.69, 9.17) is 9.84 Å². The van der Waals surface area contributed by atoms with E-state index in [-0.39, 0.29) is 23.2 Å². The summed E-state index contributed by atoms with van der Waals surface area (Å²) in [5.41, 5.74) is 0.853. The molecule has 0 amide bonds. The lowest BCUT2D eigenvalue weighted by Gasteiger charge is -2.13. The summed E-state index contributed by atoms with van der Waals surface area (Å²) in [5.74, 6) is 0.605. The molecule has 0 aliphatic rings. The Bertz CT molecular complexity index is 477. The highest BCUT2D eigenvalue weighted by Gasteiger charge is 2.17. The van der Waals surface area contributed by atoms with Gasteiger partial charge in [0, 0.05) is 0 Å². The van der Waals surface area contributed by atoms with E-state index in [2.05, 4.69) is 0 Å². The van der Waals surface area contributed by atoms with Crippen molar-refractivity contribution in [3.63, 3.8) is 0 Å². The van der Waals surface area contributed by atoms with Crippen molar-refractivity contribution >= 4 is 9.84 Å². The number of hydrogen-bond donors (Lipinski definition) is 1. The summed E-state index contributed by atoms with van der Waals surface area (Å²) in [6, 6.07) is 4.78. The third-order valence-corrected chi connectivity index (χ3v) is 4.23. The van der Waals surface area contributed by atoms with Crippen molar-refractivity contribution in [3.8, 4) is 5.75 Å². The van der Waals surface area contributed by atoms with E-state index in [1.54, 1.807) is 19.2 Å². The average Bonchev–Trinajstić information content (AvgIpc) is 2.28. The molecule has 0 unspecified atom stereocenters. The summed E-state index contributed by atoms with van der Waals surface area (Å²) in [6.07, 6.45) is 0. The lowest BCUT2D eigenvalue weighted by atomic mass is 10.0. The van der Waals surface area contributed by atoms with E-state index in [9.17, 15) is 8.42 Å². The van der Waals surface area contributed by atoms with Gasteiger partial charge >= 0.3 is 0 Å². The van der Waals surface area contributed by atoms with Crippen LogP contribution in [0.25, 0.3) is 0 Å². The van der Waals surface area contributed by atoms with Gasteiger partial charge in [0.2, 0.25) is 0 Å². The van der Waals surface area contributed by atoms with Crippen molar-refractivity contribution < 1.29 is 18.3 Å². The predicted molar refractivity (Wildman–Crippen MR) is 66.2 cm³/mol. The molecule has 0 atom stereocenters. The van der Waals surface area contributed by atoms with Crippen LogP contribution in [0.2, 0.25) is 0 Å². The zero-order chi connectivity index (χ0) is 13.1. The van der Waals surface area contributed by atoms with Gasteiger partial charge in [-0.05, 0) is 29.7 Å². The molecule has 0 fully saturated rings. The molecule has 0 radical (unpaired) electrons. The van der Waals surface area contributed by atoms with Crippen LogP contribution in [0.15, 0.2) is 23.1 Å². The molecule has 1 aromatic rings. The molecule has 0 bridgehead atoms. The first-order valence-corrected chi connectivity index (χ1v) is 7.09. The summed E-state index contributed by atoms with van der Waals surface area (Å²) >= 11 is 0. The maximum Gasteiger partial charge on any atom is 0.180 e. The third-order valence-electron chi connectivity index (χ3n) is 2.54. The van der Waals surface area contributed by atoms with Crippen LogP contribution in [0.3, 0.4) is 0 Å². The number of sulfone groups is 1. The number of hydrogen-bond acceptors (Lipinski definition) is 4. The Labute approximate surface area is 102 Å². The van der Waals surface area contributed by atoms with Crippen molar-refractivity contribution in [1.82, 2.24) is 0 Å². The fraction of sp³-hybridized carbons (Fsp3) is 0.500. The number of methoxy groups -OCH3 is 1. The lowest BCUT2D eigenvalue weighted by molar-refractivity contribution is 0.319. The van der Waals surface area contributed by atoms with Crippen molar-refractivity contribution in [3.05, 3.63) is 23.8 Å². The van der Waals surface area contributed by atoms with Gasteiger partial charge in [-0.2, -0.15) is 0 Å². The van der Waals surface area contributed by atoms with Crippen molar-refractivity contribution in [2.45, 2.75) is 24.7 Å². The Balaban J connectivity index is 3.26. The second kappa shape index (κ2) is 5.51. The molecule has 0 aromatic heterocycles. The highest BCUT2D eigenvalue weighted by atomic mass is 32.2. The van der Waals surface area contributed by atoms with Gasteiger partial charge in [-0.1, -0.05) is 13.8 Å². The van der Waals surface area contributed by atoms with Gasteiger partial charge < -0.3 is 9.84 Å². The Hall–Kier alpha value is -1.07. The van der Waals surface area contributed by atoms with Crippen molar-refractivity contribution in [2.75, 3.05) is 19.5 Å². The molecule has 4 nitrogen and oxygen atoms in total. The van der Waals surface area contributed by atoms with Gasteiger partial charge in [0.15, 0.2) is 9.84 Å². The second-order valence-electron chi connectivity index (χ2n) is 4.10. The maximum absolute atomic E-state index is 11.8. The van der Waals surface area contributed by atoms with E-state index < -0.39 is 9.84 Å². The molecule has 1 aromatic carbocycles. The maximum atomic E-state index is 11.8. The Morgan fingerprint density at radius 3 is 2.47 bits per heavy atom. The summed E-state index contributed by atoms with van der Waals surface area (Å²) in [5, 5.41) is 8.74. The molecule has 5 heteroatoms. The summed E-state index contributed by atoms with van der Waals surface area (Å²) in [7, 11) is -1.84. The van der Waals surface area contributed by atoms with E-state index in [1.807, 2.05) is 13.8 Å². The normalized spacial score (nSPS) is 11.8. The van der Waals surface area contributed by atoms with Crippen LogP contribution in [-0.4, -0.2) is 33.0 Å². The molecular formula is C12H18O4S. The highest BCUT2D eigenvalue weighted by molar-refractivity contribution is 7.91. The predicted octanol–water partition coefficient (Wildman–Crippen LogP) is 1.58. The van der Waals surface area contributed by atoms with Gasteiger partial charge in [0.25, 0.3) is 0 Å². The SMILES string of the molecule is COc1ccc(S(=O)(=O)CCO)cc1C(C)C. The van der Waals surface area contributed by atoms with Gasteiger partial charge in [-0.3, -0.25) is 0 Å². The minimum absolute atomic E-state index is 0.175. The lowest BCUT2D eigenvalue weighted by Crippen LogP contribution is -2.10. The molecule has 17 heavy (non-hydrogen) atoms. The molecule has 0 saturated carbocycles. The first kappa shape index (κ1) is 14.0. The first-order valence-electron chi connectivity index (χ1n) is 5.44. The third kappa shape index (κ3) is 3.20. The largest absolute Gasteiger partial charge is 0.496 e. The topological polar surface area (TPSA) is 63.6 Å². The fourth-order valence-corrected chi connectivity index (χ4v) is 2.65. The summed E-state index contributed by atoms with van der Waals surface area (Å²) in [6.45, 7) is 3.58. The van der Waals surface area contributed by atoms with Crippen LogP contribution in [0.5, 0.6) is 5.75 Å². The number of aliphatic hydroxyl groups excluding tert-OH is 1. The van der Waals surface area contributed by atoms with Crippen LogP contribution < -0.4 is 4.74 Å². The van der Waals surface area contributed by atoms with Crippen LogP contribution in [0, 0.1) is 0 Å². The number of rotatable bonds is 5. The zero-order valence-corrected chi connectivity index (χ0v) is 11.1. The molecule has 0 aliphatic heterocycles. The van der Waals surface area contributed by atoms with Crippen LogP contribution >= 0.6 is 0 Å². The second-order valence-corrected chi connectivity index (χ2v) is 6.21. The molecular weight excluding hydrogens is 240 g/mol. The van der Waals surface area contributed by atoms with Gasteiger partial charge in [-0.15, -0.1) is 0 Å². The summed E-state index contributed by atoms with van der Waals surface area (Å²) < 4.78 is 28.8. The quantitative estimate of drug-likeness (QED) is 0.871. The van der Waals surface area contributed by atoms with Gasteiger partial charge in [-0.25, -0.2) is 8.42 Å². The molecule has 0 aliphatic carbocycles. The van der Waals surface area contributed by atoms with E-state index in [0.29, 0.717) is 5.75 Å². The minimum atomic E-state index is -3.40. The highest BCUT2D eigenvalue weighted by Crippen LogP contribution is 2.29. The molecule has 1 N–H and O–H groups in total. The number of benzene rings is 1. The van der Waals surface area contributed by atoms with Crippen molar-refractivity contribution in [1.29, 1.82) is 0 Å². The summed E-state index contributed by atoms with van der Waals surface area (Å²) in [4.78, 5) is 0.232. The standard InChI is InChI=1S/C12H18O4S/c1-9(2)11-8-10(4-5-12(11)16-3)17(14,15)7-6-13/h4-5,8-9,13H,6-7H2,1-3H3. The van der Waals surface area contributed by atoms with E-state index >= 15 is 0 Å². The van der Waals surface area contributed by atoms with Gasteiger partial charge in [0.05, 0.1) is 24.4 Å². The molecule has 0 heterocycles. The number of ether oxygens (including phenoxy) is 1. The first-order chi connectivity index (χ1) is 7.92. The Morgan fingerprint density at radius 2 is 2.00 bits per heavy atom. The van der Waals surface area contributed by atoms with Crippen molar-refractivity contribution in [2.24, 2.45) is 0 Å². The van der Waals surface area contributed by atoms with Crippen LogP contribution in [0.1, 0.15) is 25.3 Å². The smallest absolute Gasteiger partial charge is 0.180 e. The van der Waals surface area contributed by atoms with E-state index in [0.717, 1.165) is 5.56 Å². The molecule has 1 rings (SSSR count). The van der Waals surface area contributed by atoms with Crippen LogP contribution in [0.4, 0.5) is 0 Å². The Kier molecular flexibility index (Phi) is 4.54. The monoisotopic (exact) mass is 258 g/mol. The van der Waals surface area contributed by atoms with Gasteiger partial charge in [0.1, 0.15) is 5.75 Å². The Morgan fingerprint density at radius 1 is 1.35 bits per heavy atom. The van der Waals surface area contributed by atoms with Crippen LogP contribution in [-0.2, 0) is 9.84 Å². The average molecular weight is 258 g/mol. The molecule has 0 spiro atoms.